The van der Waals surface area contributed by atoms with Gasteiger partial charge in [-0.2, -0.15) is 0 Å². The van der Waals surface area contributed by atoms with Crippen LogP contribution >= 0.6 is 11.3 Å². The van der Waals surface area contributed by atoms with Gasteiger partial charge in [0.15, 0.2) is 0 Å². The second-order valence-electron chi connectivity index (χ2n) is 10.2. The summed E-state index contributed by atoms with van der Waals surface area (Å²) < 4.78 is 3.22. The van der Waals surface area contributed by atoms with Crippen molar-refractivity contribution in [2.45, 2.75) is 90.4 Å². The lowest BCUT2D eigenvalue weighted by atomic mass is 9.93. The van der Waals surface area contributed by atoms with E-state index < -0.39 is 5.54 Å². The number of carbonyl (C=O) groups excluding carboxylic acids is 2. The van der Waals surface area contributed by atoms with Crippen LogP contribution in [0, 0.1) is 6.92 Å². The maximum Gasteiger partial charge on any atom is 0.271 e. The molecule has 1 aromatic carbocycles. The van der Waals surface area contributed by atoms with E-state index in [0.29, 0.717) is 18.8 Å². The molecule has 5 nitrogen and oxygen atoms in total. The number of hydrogen-bond acceptors (Lipinski definition) is 3. The van der Waals surface area contributed by atoms with Crippen molar-refractivity contribution in [3.05, 3.63) is 58.1 Å². The van der Waals surface area contributed by atoms with Crippen LogP contribution in [-0.4, -0.2) is 32.9 Å². The summed E-state index contributed by atoms with van der Waals surface area (Å²) in [6.07, 6.45) is 7.82. The summed E-state index contributed by atoms with van der Waals surface area (Å²) in [5.74, 6) is -0.0925. The van der Waals surface area contributed by atoms with Gasteiger partial charge in [0.05, 0.1) is 16.8 Å². The number of nitrogens with one attached hydrogen (secondary N) is 1. The summed E-state index contributed by atoms with van der Waals surface area (Å²) in [6, 6.07) is 12.7. The first kappa shape index (κ1) is 23.2. The lowest BCUT2D eigenvalue weighted by Crippen LogP contribution is -2.64. The van der Waals surface area contributed by atoms with Gasteiger partial charge < -0.3 is 14.8 Å². The van der Waals surface area contributed by atoms with Crippen molar-refractivity contribution in [3.63, 3.8) is 0 Å². The number of aryl methyl sites for hydroxylation is 2. The van der Waals surface area contributed by atoms with Crippen LogP contribution in [0.3, 0.4) is 0 Å². The van der Waals surface area contributed by atoms with Crippen molar-refractivity contribution >= 4 is 33.4 Å². The van der Waals surface area contributed by atoms with E-state index in [1.54, 1.807) is 11.3 Å². The summed E-state index contributed by atoms with van der Waals surface area (Å²) in [7, 11) is 0. The number of aromatic nitrogens is 1. The second kappa shape index (κ2) is 9.21. The van der Waals surface area contributed by atoms with E-state index in [9.17, 15) is 9.59 Å². The van der Waals surface area contributed by atoms with Crippen molar-refractivity contribution in [2.24, 2.45) is 0 Å². The van der Waals surface area contributed by atoms with Crippen LogP contribution in [0.2, 0.25) is 0 Å². The quantitative estimate of drug-likeness (QED) is 0.470. The molecule has 1 fully saturated rings. The van der Waals surface area contributed by atoms with E-state index in [1.807, 2.05) is 17.9 Å². The molecule has 2 amide bonds. The number of benzene rings is 1. The number of nitrogens with zero attached hydrogens (tertiary/aromatic N) is 2. The Balaban J connectivity index is 1.52. The Bertz CT molecular complexity index is 1200. The number of rotatable bonds is 5. The smallest absolute Gasteiger partial charge is 0.271 e. The zero-order chi connectivity index (χ0) is 23.9. The monoisotopic (exact) mass is 477 g/mol. The zero-order valence-corrected chi connectivity index (χ0v) is 21.3. The zero-order valence-electron chi connectivity index (χ0n) is 20.5. The molecule has 3 heterocycles. The number of amides is 2. The molecule has 2 aromatic heterocycles. The minimum Gasteiger partial charge on any atom is -0.351 e. The molecule has 6 heteroatoms. The predicted molar refractivity (Wildman–Crippen MR) is 138 cm³/mol. The number of hydrogen-bond donors (Lipinski definition) is 1. The summed E-state index contributed by atoms with van der Waals surface area (Å²) in [5.41, 5.74) is 3.04. The van der Waals surface area contributed by atoms with Crippen molar-refractivity contribution in [2.75, 3.05) is 0 Å². The minimum absolute atomic E-state index is 0.0293. The van der Waals surface area contributed by atoms with Gasteiger partial charge in [-0.25, -0.2) is 0 Å². The highest BCUT2D eigenvalue weighted by Crippen LogP contribution is 2.37. The topological polar surface area (TPSA) is 54.3 Å². The van der Waals surface area contributed by atoms with Crippen molar-refractivity contribution < 1.29 is 9.59 Å². The average Bonchev–Trinajstić information content (AvgIpc) is 3.26. The van der Waals surface area contributed by atoms with E-state index in [4.69, 9.17) is 0 Å². The van der Waals surface area contributed by atoms with Gasteiger partial charge >= 0.3 is 0 Å². The standard InChI is InChI=1S/C28H35N3O2S/c1-4-22-15-23-25(34-22)16-24-26(32)31(17-20-13-11-19(2)12-14-20)28(3,18-30(23)24)27(33)29-21-9-7-5-6-8-10-21/h11-16,21H,4-10,17-18H2,1-3H3,(H,29,33)/t28-/m1/s1. The van der Waals surface area contributed by atoms with Gasteiger partial charge in [0.1, 0.15) is 11.2 Å². The maximum absolute atomic E-state index is 13.9. The molecule has 180 valence electrons. The third-order valence-corrected chi connectivity index (χ3v) is 8.87. The predicted octanol–water partition coefficient (Wildman–Crippen LogP) is 5.83. The molecule has 2 aliphatic rings. The first-order valence-corrected chi connectivity index (χ1v) is 13.5. The van der Waals surface area contributed by atoms with Gasteiger partial charge in [-0.3, -0.25) is 9.59 Å². The number of carbonyl (C=O) groups is 2. The van der Waals surface area contributed by atoms with Gasteiger partial charge in [0.25, 0.3) is 5.91 Å². The van der Waals surface area contributed by atoms with Crippen LogP contribution in [0.4, 0.5) is 0 Å². The third kappa shape index (κ3) is 4.17. The maximum atomic E-state index is 13.9. The molecule has 1 N–H and O–H groups in total. The molecule has 3 aromatic rings. The van der Waals surface area contributed by atoms with Crippen LogP contribution in [0.5, 0.6) is 0 Å². The average molecular weight is 478 g/mol. The van der Waals surface area contributed by atoms with E-state index in [1.165, 1.54) is 23.3 Å². The van der Waals surface area contributed by atoms with Crippen LogP contribution in [0.15, 0.2) is 36.4 Å². The van der Waals surface area contributed by atoms with Gasteiger partial charge in [-0.1, -0.05) is 62.4 Å². The first-order chi connectivity index (χ1) is 16.4. The SMILES string of the molecule is CCc1cc2c(cc3n2C[C@](C)(C(=O)NC2CCCCCC2)N(Cc2ccc(C)cc2)C3=O)s1. The van der Waals surface area contributed by atoms with Gasteiger partial charge in [0.2, 0.25) is 5.91 Å². The molecular weight excluding hydrogens is 442 g/mol. The molecule has 0 spiro atoms. The summed E-state index contributed by atoms with van der Waals surface area (Å²) >= 11 is 1.75. The molecule has 0 unspecified atom stereocenters. The Morgan fingerprint density at radius 2 is 1.82 bits per heavy atom. The van der Waals surface area contributed by atoms with Gasteiger partial charge in [0, 0.05) is 17.5 Å². The molecule has 1 saturated carbocycles. The Morgan fingerprint density at radius 3 is 2.50 bits per heavy atom. The summed E-state index contributed by atoms with van der Waals surface area (Å²) in [5, 5.41) is 3.36. The fourth-order valence-corrected chi connectivity index (χ4v) is 6.49. The summed E-state index contributed by atoms with van der Waals surface area (Å²) in [4.78, 5) is 30.9. The molecule has 5 rings (SSSR count). The summed E-state index contributed by atoms with van der Waals surface area (Å²) in [6.45, 7) is 7.06. The van der Waals surface area contributed by atoms with E-state index in [-0.39, 0.29) is 17.9 Å². The molecule has 0 radical (unpaired) electrons. The molecule has 0 saturated heterocycles. The third-order valence-electron chi connectivity index (χ3n) is 7.66. The molecule has 1 aliphatic heterocycles. The minimum atomic E-state index is -0.957. The number of fused-ring (bicyclic) bond motifs is 3. The van der Waals surface area contributed by atoms with Gasteiger partial charge in [-0.15, -0.1) is 11.3 Å². The highest BCUT2D eigenvalue weighted by molar-refractivity contribution is 7.19. The Morgan fingerprint density at radius 1 is 1.12 bits per heavy atom. The lowest BCUT2D eigenvalue weighted by molar-refractivity contribution is -0.134. The van der Waals surface area contributed by atoms with Crippen LogP contribution in [0.1, 0.15) is 78.9 Å². The first-order valence-electron chi connectivity index (χ1n) is 12.7. The molecule has 1 atom stereocenters. The van der Waals surface area contributed by atoms with Crippen molar-refractivity contribution in [1.29, 1.82) is 0 Å². The molecule has 34 heavy (non-hydrogen) atoms. The normalized spacial score (nSPS) is 21.5. The Hall–Kier alpha value is -2.60. The van der Waals surface area contributed by atoms with Crippen LogP contribution < -0.4 is 5.32 Å². The van der Waals surface area contributed by atoms with E-state index in [0.717, 1.165) is 47.9 Å². The second-order valence-corrected chi connectivity index (χ2v) is 11.4. The van der Waals surface area contributed by atoms with Crippen LogP contribution in [-0.2, 0) is 24.3 Å². The Labute approximate surface area is 206 Å². The van der Waals surface area contributed by atoms with E-state index in [2.05, 4.69) is 54.1 Å². The molecular formula is C28H35N3O2S. The van der Waals surface area contributed by atoms with E-state index >= 15 is 0 Å². The largest absolute Gasteiger partial charge is 0.351 e. The number of thiophene rings is 1. The molecule has 0 bridgehead atoms. The highest BCUT2D eigenvalue weighted by atomic mass is 32.1. The van der Waals surface area contributed by atoms with Crippen molar-refractivity contribution in [1.82, 2.24) is 14.8 Å². The van der Waals surface area contributed by atoms with Crippen LogP contribution in [0.25, 0.3) is 10.2 Å². The molecule has 1 aliphatic carbocycles. The fraction of sp³-hybridized carbons (Fsp3) is 0.500. The van der Waals surface area contributed by atoms with Crippen molar-refractivity contribution in [3.8, 4) is 0 Å². The van der Waals surface area contributed by atoms with Gasteiger partial charge in [-0.05, 0) is 50.8 Å². The Kier molecular flexibility index (Phi) is 6.28. The highest BCUT2D eigenvalue weighted by Gasteiger charge is 2.48. The lowest BCUT2D eigenvalue weighted by Gasteiger charge is -2.44. The fourth-order valence-electron chi connectivity index (χ4n) is 5.45.